The van der Waals surface area contributed by atoms with Crippen molar-refractivity contribution in [2.45, 2.75) is 45.6 Å². The molecule has 128 valence electrons. The van der Waals surface area contributed by atoms with Crippen molar-refractivity contribution >= 4 is 16.3 Å². The monoisotopic (exact) mass is 333 g/mol. The van der Waals surface area contributed by atoms with Crippen LogP contribution in [0.1, 0.15) is 39.5 Å². The number of carbonyl (C=O) groups excluding carboxylic acids is 1. The van der Waals surface area contributed by atoms with Gasteiger partial charge in [-0.3, -0.25) is 0 Å². The van der Waals surface area contributed by atoms with E-state index in [4.69, 9.17) is 4.74 Å². The minimum Gasteiger partial charge on any atom is -0.450 e. The maximum absolute atomic E-state index is 12.8. The minimum atomic E-state index is -3.42. The highest BCUT2D eigenvalue weighted by molar-refractivity contribution is 7.86. The molecule has 0 bridgehead atoms. The first kappa shape index (κ1) is 17.5. The number of amides is 1. The van der Waals surface area contributed by atoms with Crippen LogP contribution in [0, 0.1) is 5.92 Å². The molecule has 0 spiro atoms. The largest absolute Gasteiger partial charge is 0.450 e. The summed E-state index contributed by atoms with van der Waals surface area (Å²) in [6, 6.07) is -0.176. The standard InChI is InChI=1S/C14H27N3O4S/c1-3-21-14(18)15-13-7-5-9-17(11-13)22(19,20)16-8-4-6-12(2)10-16/h12-13H,3-11H2,1-2H3,(H,15,18)/t12-,13-/m1/s1. The highest BCUT2D eigenvalue weighted by Gasteiger charge is 2.35. The lowest BCUT2D eigenvalue weighted by molar-refractivity contribution is 0.141. The maximum Gasteiger partial charge on any atom is 0.407 e. The summed E-state index contributed by atoms with van der Waals surface area (Å²) in [5.41, 5.74) is 0. The second kappa shape index (κ2) is 7.61. The first-order valence-corrected chi connectivity index (χ1v) is 9.51. The summed E-state index contributed by atoms with van der Waals surface area (Å²) < 4.78 is 33.5. The van der Waals surface area contributed by atoms with Crippen molar-refractivity contribution in [3.63, 3.8) is 0 Å². The summed E-state index contributed by atoms with van der Waals surface area (Å²) in [4.78, 5) is 11.5. The van der Waals surface area contributed by atoms with Gasteiger partial charge in [0.15, 0.2) is 0 Å². The molecule has 0 unspecified atom stereocenters. The Morgan fingerprint density at radius 1 is 1.18 bits per heavy atom. The maximum atomic E-state index is 12.8. The quantitative estimate of drug-likeness (QED) is 0.838. The SMILES string of the molecule is CCOC(=O)N[C@@H]1CCCN(S(=O)(=O)N2CCC[C@@H](C)C2)C1. The van der Waals surface area contributed by atoms with Crippen molar-refractivity contribution in [1.82, 2.24) is 13.9 Å². The first-order valence-electron chi connectivity index (χ1n) is 8.12. The van der Waals surface area contributed by atoms with Gasteiger partial charge in [-0.1, -0.05) is 6.92 Å². The molecule has 2 heterocycles. The molecule has 22 heavy (non-hydrogen) atoms. The van der Waals surface area contributed by atoms with E-state index in [9.17, 15) is 13.2 Å². The van der Waals surface area contributed by atoms with Gasteiger partial charge in [-0.15, -0.1) is 0 Å². The molecule has 0 aliphatic carbocycles. The van der Waals surface area contributed by atoms with Crippen molar-refractivity contribution in [2.24, 2.45) is 5.92 Å². The van der Waals surface area contributed by atoms with E-state index in [1.807, 2.05) is 0 Å². The fraction of sp³-hybridized carbons (Fsp3) is 0.929. The molecule has 2 aliphatic rings. The van der Waals surface area contributed by atoms with Gasteiger partial charge in [0.2, 0.25) is 0 Å². The Hall–Kier alpha value is -0.860. The predicted molar refractivity (Wildman–Crippen MR) is 83.6 cm³/mol. The number of hydrogen-bond acceptors (Lipinski definition) is 4. The molecule has 2 fully saturated rings. The third-order valence-corrected chi connectivity index (χ3v) is 6.22. The normalized spacial score (nSPS) is 28.3. The average molecular weight is 333 g/mol. The van der Waals surface area contributed by atoms with Crippen LogP contribution in [0.3, 0.4) is 0 Å². The van der Waals surface area contributed by atoms with Crippen molar-refractivity contribution in [3.8, 4) is 0 Å². The van der Waals surface area contributed by atoms with Crippen molar-refractivity contribution in [2.75, 3.05) is 32.8 Å². The molecule has 0 radical (unpaired) electrons. The Kier molecular flexibility index (Phi) is 6.05. The molecule has 0 aromatic rings. The van der Waals surface area contributed by atoms with Crippen LogP contribution in [0.4, 0.5) is 4.79 Å². The molecular weight excluding hydrogens is 306 g/mol. The van der Waals surface area contributed by atoms with Gasteiger partial charge in [-0.05, 0) is 38.5 Å². The number of ether oxygens (including phenoxy) is 1. The van der Waals surface area contributed by atoms with Crippen molar-refractivity contribution < 1.29 is 17.9 Å². The number of piperidine rings is 2. The third kappa shape index (κ3) is 4.33. The van der Waals surface area contributed by atoms with E-state index in [-0.39, 0.29) is 6.04 Å². The van der Waals surface area contributed by atoms with Crippen LogP contribution in [-0.2, 0) is 14.9 Å². The smallest absolute Gasteiger partial charge is 0.407 e. The summed E-state index contributed by atoms with van der Waals surface area (Å²) in [6.45, 7) is 6.18. The lowest BCUT2D eigenvalue weighted by Gasteiger charge is -2.38. The molecule has 0 aromatic carbocycles. The molecule has 0 saturated carbocycles. The summed E-state index contributed by atoms with van der Waals surface area (Å²) in [7, 11) is -3.42. The molecule has 2 saturated heterocycles. The van der Waals surface area contributed by atoms with Gasteiger partial charge in [0, 0.05) is 32.2 Å². The van der Waals surface area contributed by atoms with E-state index in [0.29, 0.717) is 38.7 Å². The van der Waals surface area contributed by atoms with Gasteiger partial charge in [-0.2, -0.15) is 17.0 Å². The Labute approximate surface area is 133 Å². The fourth-order valence-corrected chi connectivity index (χ4v) is 4.99. The van der Waals surface area contributed by atoms with E-state index in [1.54, 1.807) is 11.2 Å². The summed E-state index contributed by atoms with van der Waals surface area (Å²) >= 11 is 0. The van der Waals surface area contributed by atoms with Crippen LogP contribution < -0.4 is 5.32 Å². The minimum absolute atomic E-state index is 0.176. The van der Waals surface area contributed by atoms with Crippen LogP contribution in [0.25, 0.3) is 0 Å². The molecular formula is C14H27N3O4S. The number of rotatable bonds is 4. The lowest BCUT2D eigenvalue weighted by atomic mass is 10.0. The molecule has 2 atom stereocenters. The van der Waals surface area contributed by atoms with Gasteiger partial charge in [-0.25, -0.2) is 4.79 Å². The number of hydrogen-bond donors (Lipinski definition) is 1. The number of nitrogens with one attached hydrogen (secondary N) is 1. The highest BCUT2D eigenvalue weighted by Crippen LogP contribution is 2.23. The molecule has 2 rings (SSSR count). The second-order valence-electron chi connectivity index (χ2n) is 6.18. The summed E-state index contributed by atoms with van der Waals surface area (Å²) in [5.74, 6) is 0.404. The average Bonchev–Trinajstić information content (AvgIpc) is 2.47. The van der Waals surface area contributed by atoms with Crippen LogP contribution in [-0.4, -0.2) is 61.9 Å². The first-order chi connectivity index (χ1) is 10.4. The molecule has 7 nitrogen and oxygen atoms in total. The van der Waals surface area contributed by atoms with Gasteiger partial charge in [0.1, 0.15) is 0 Å². The third-order valence-electron chi connectivity index (χ3n) is 4.25. The van der Waals surface area contributed by atoms with E-state index in [1.165, 1.54) is 4.31 Å². The Balaban J connectivity index is 1.97. The van der Waals surface area contributed by atoms with Gasteiger partial charge in [0.05, 0.1) is 6.61 Å². The predicted octanol–water partition coefficient (Wildman–Crippen LogP) is 1.17. The number of alkyl carbamates (subject to hydrolysis) is 1. The zero-order valence-corrected chi connectivity index (χ0v) is 14.3. The summed E-state index contributed by atoms with van der Waals surface area (Å²) in [6.07, 6.45) is 3.05. The van der Waals surface area contributed by atoms with E-state index >= 15 is 0 Å². The van der Waals surface area contributed by atoms with E-state index in [0.717, 1.165) is 25.7 Å². The van der Waals surface area contributed by atoms with Crippen molar-refractivity contribution in [1.29, 1.82) is 0 Å². The van der Waals surface area contributed by atoms with Gasteiger partial charge >= 0.3 is 6.09 Å². The zero-order chi connectivity index (χ0) is 16.2. The fourth-order valence-electron chi connectivity index (χ4n) is 3.13. The Bertz CT molecular complexity index is 482. The van der Waals surface area contributed by atoms with E-state index in [2.05, 4.69) is 12.2 Å². The Morgan fingerprint density at radius 2 is 1.82 bits per heavy atom. The summed E-state index contributed by atoms with van der Waals surface area (Å²) in [5, 5.41) is 2.75. The lowest BCUT2D eigenvalue weighted by Crippen LogP contribution is -2.54. The molecule has 1 amide bonds. The highest BCUT2D eigenvalue weighted by atomic mass is 32.2. The molecule has 2 aliphatic heterocycles. The molecule has 0 aromatic heterocycles. The Morgan fingerprint density at radius 3 is 2.45 bits per heavy atom. The van der Waals surface area contributed by atoms with Crippen LogP contribution in [0.15, 0.2) is 0 Å². The topological polar surface area (TPSA) is 79.0 Å². The molecule has 1 N–H and O–H groups in total. The van der Waals surface area contributed by atoms with Crippen LogP contribution in [0.5, 0.6) is 0 Å². The van der Waals surface area contributed by atoms with Gasteiger partial charge < -0.3 is 10.1 Å². The van der Waals surface area contributed by atoms with E-state index < -0.39 is 16.3 Å². The second-order valence-corrected chi connectivity index (χ2v) is 8.10. The number of nitrogens with zero attached hydrogens (tertiary/aromatic N) is 2. The van der Waals surface area contributed by atoms with Gasteiger partial charge in [0.25, 0.3) is 10.2 Å². The van der Waals surface area contributed by atoms with Crippen LogP contribution in [0.2, 0.25) is 0 Å². The number of carbonyl (C=O) groups is 1. The van der Waals surface area contributed by atoms with Crippen LogP contribution >= 0.6 is 0 Å². The van der Waals surface area contributed by atoms with Crippen molar-refractivity contribution in [3.05, 3.63) is 0 Å². The zero-order valence-electron chi connectivity index (χ0n) is 13.5. The molecule has 8 heteroatoms.